The predicted molar refractivity (Wildman–Crippen MR) is 171 cm³/mol. The first-order chi connectivity index (χ1) is 21.8. The van der Waals surface area contributed by atoms with Crippen molar-refractivity contribution >= 4 is 0 Å². The zero-order valence-corrected chi connectivity index (χ0v) is 30.4. The number of halogens is 5. The van der Waals surface area contributed by atoms with Gasteiger partial charge in [-0.1, -0.05) is 41.5 Å². The third-order valence-corrected chi connectivity index (χ3v) is 6.23. The monoisotopic (exact) mass is 856 g/mol. The number of aromatic nitrogens is 6. The zero-order chi connectivity index (χ0) is 33.7. The fraction of sp³-hybridized carbons (Fsp3) is 0.222. The number of pyridine rings is 2. The van der Waals surface area contributed by atoms with E-state index < -0.39 is 23.3 Å². The van der Waals surface area contributed by atoms with Gasteiger partial charge in [-0.05, 0) is 69.7 Å². The van der Waals surface area contributed by atoms with Gasteiger partial charge in [-0.2, -0.15) is 22.3 Å². The van der Waals surface area contributed by atoms with Gasteiger partial charge in [0.25, 0.3) is 0 Å². The summed E-state index contributed by atoms with van der Waals surface area (Å²) in [5.41, 5.74) is 3.41. The van der Waals surface area contributed by atoms with E-state index in [1.165, 1.54) is 32.9 Å². The Labute approximate surface area is 299 Å². The van der Waals surface area contributed by atoms with E-state index in [9.17, 15) is 17.6 Å². The zero-order valence-electron chi connectivity index (χ0n) is 27.3. The molecule has 0 fully saturated rings. The number of hydrogen-bond donors (Lipinski definition) is 0. The summed E-state index contributed by atoms with van der Waals surface area (Å²) in [6.07, 6.45) is 13.5. The van der Waals surface area contributed by atoms with Crippen molar-refractivity contribution in [3.8, 4) is 11.4 Å². The Bertz CT molecular complexity index is 1610. The van der Waals surface area contributed by atoms with E-state index in [1.54, 1.807) is 24.5 Å². The summed E-state index contributed by atoms with van der Waals surface area (Å²) >= 11 is 0. The van der Waals surface area contributed by atoms with E-state index in [0.29, 0.717) is 0 Å². The first-order valence-electron chi connectivity index (χ1n) is 14.3. The van der Waals surface area contributed by atoms with Crippen LogP contribution in [0, 0.1) is 35.4 Å². The van der Waals surface area contributed by atoms with Crippen molar-refractivity contribution in [2.45, 2.75) is 52.4 Å². The molecule has 0 saturated carbocycles. The molecule has 257 valence electrons. The molecular weight excluding hydrogens is 820 g/mol. The van der Waals surface area contributed by atoms with E-state index >= 15 is 0 Å². The molecule has 4 heterocycles. The van der Waals surface area contributed by atoms with Crippen molar-refractivity contribution in [2.24, 2.45) is 0 Å². The Morgan fingerprint density at radius 2 is 0.896 bits per heavy atom. The molecule has 0 aliphatic rings. The summed E-state index contributed by atoms with van der Waals surface area (Å²) in [5.74, 6) is -2.64. The summed E-state index contributed by atoms with van der Waals surface area (Å²) in [5, 5.41) is 7.60. The summed E-state index contributed by atoms with van der Waals surface area (Å²) in [7, 11) is 0. The molecule has 0 saturated heterocycles. The Hall–Kier alpha value is -4.18. The Kier molecular flexibility index (Phi) is 17.1. The smallest absolute Gasteiger partial charge is 0.0493 e. The number of rotatable bonds is 2. The minimum atomic E-state index is -0.677. The average Bonchev–Trinajstić information content (AvgIpc) is 3.74. The second-order valence-electron chi connectivity index (χ2n) is 11.9. The number of nitrogens with zero attached hydrogens (tertiary/aromatic N) is 6. The van der Waals surface area contributed by atoms with E-state index in [-0.39, 0.29) is 54.7 Å². The van der Waals surface area contributed by atoms with Gasteiger partial charge in [0.2, 0.25) is 0 Å². The van der Waals surface area contributed by atoms with Crippen LogP contribution < -0.4 is 12.4 Å². The second-order valence-corrected chi connectivity index (χ2v) is 11.9. The largest absolute Gasteiger partial charge is 1.00 e. The van der Waals surface area contributed by atoms with Gasteiger partial charge in [-0.25, -0.2) is 0 Å². The second kappa shape index (κ2) is 19.6. The van der Waals surface area contributed by atoms with Gasteiger partial charge in [0.15, 0.2) is 0 Å². The van der Waals surface area contributed by atoms with Gasteiger partial charge in [0.05, 0.1) is 0 Å². The molecule has 1 radical (unpaired) electrons. The van der Waals surface area contributed by atoms with Crippen molar-refractivity contribution < 1.29 is 50.1 Å². The van der Waals surface area contributed by atoms with E-state index in [4.69, 9.17) is 0 Å². The minimum absolute atomic E-state index is 0. The van der Waals surface area contributed by atoms with Gasteiger partial charge in [0.1, 0.15) is 0 Å². The summed E-state index contributed by atoms with van der Waals surface area (Å²) in [4.78, 5) is 7.92. The van der Waals surface area contributed by atoms with Gasteiger partial charge in [-0.3, -0.25) is 36.9 Å². The molecule has 6 aromatic rings. The first kappa shape index (κ1) is 41.8. The van der Waals surface area contributed by atoms with E-state index in [2.05, 4.69) is 98.1 Å². The molecule has 0 spiro atoms. The molecule has 0 aliphatic carbocycles. The average molecular weight is 856 g/mol. The van der Waals surface area contributed by atoms with Crippen LogP contribution in [0.5, 0.6) is 0 Å². The standard InChI is InChI=1S/2C9H5F2N2.2C9H13N.ClH.Ir/c2*10-7-2-3-9(8(11)6-7)13-5-1-4-12-13;2*1-9(2,3)8-4-6-10-7-5-8;;/h2*1-2,4-6H;2*4-7H,1-3H3;1H;/q2*-1;;;;/p-1. The molecule has 6 nitrogen and oxygen atoms in total. The topological polar surface area (TPSA) is 61.4 Å². The maximum absolute atomic E-state index is 13.1. The molecular formula is C36H36ClF4IrN6-3. The van der Waals surface area contributed by atoms with Crippen LogP contribution in [0.15, 0.2) is 110 Å². The van der Waals surface area contributed by atoms with Gasteiger partial charge in [0, 0.05) is 92.9 Å². The molecule has 2 aromatic carbocycles. The molecule has 0 atom stereocenters. The first-order valence-corrected chi connectivity index (χ1v) is 14.3. The molecule has 0 unspecified atom stereocenters. The molecule has 6 rings (SSSR count). The van der Waals surface area contributed by atoms with Crippen LogP contribution in [-0.2, 0) is 30.9 Å². The van der Waals surface area contributed by atoms with E-state index in [0.717, 1.165) is 24.3 Å². The molecule has 0 amide bonds. The van der Waals surface area contributed by atoms with Crippen LogP contribution in [-0.4, -0.2) is 29.5 Å². The molecule has 0 bridgehead atoms. The van der Waals surface area contributed by atoms with Crippen molar-refractivity contribution in [2.75, 3.05) is 0 Å². The molecule has 4 aromatic heterocycles. The predicted octanol–water partition coefficient (Wildman–Crippen LogP) is 5.66. The minimum Gasteiger partial charge on any atom is -1.00 e. The molecule has 12 heteroatoms. The Morgan fingerprint density at radius 3 is 1.12 bits per heavy atom. The van der Waals surface area contributed by atoms with Gasteiger partial charge < -0.3 is 12.4 Å². The normalized spacial score (nSPS) is 10.4. The number of hydrogen-bond acceptors (Lipinski definition) is 4. The summed E-state index contributed by atoms with van der Waals surface area (Å²) in [6.45, 7) is 13.2. The van der Waals surface area contributed by atoms with Crippen LogP contribution in [0.2, 0.25) is 0 Å². The van der Waals surface area contributed by atoms with Crippen LogP contribution in [0.25, 0.3) is 11.4 Å². The molecule has 0 aliphatic heterocycles. The maximum Gasteiger partial charge on any atom is 0.0493 e. The van der Waals surface area contributed by atoms with Crippen LogP contribution in [0.3, 0.4) is 0 Å². The van der Waals surface area contributed by atoms with Gasteiger partial charge in [-0.15, -0.1) is 24.3 Å². The van der Waals surface area contributed by atoms with Crippen molar-refractivity contribution in [3.05, 3.63) is 157 Å². The Balaban J connectivity index is 0.000000318. The van der Waals surface area contributed by atoms with Crippen LogP contribution in [0.4, 0.5) is 17.6 Å². The van der Waals surface area contributed by atoms with Crippen molar-refractivity contribution in [1.29, 1.82) is 0 Å². The van der Waals surface area contributed by atoms with Crippen molar-refractivity contribution in [3.63, 3.8) is 0 Å². The van der Waals surface area contributed by atoms with Crippen molar-refractivity contribution in [1.82, 2.24) is 29.5 Å². The fourth-order valence-electron chi connectivity index (χ4n) is 3.73. The molecule has 0 N–H and O–H groups in total. The third kappa shape index (κ3) is 13.5. The fourth-order valence-corrected chi connectivity index (χ4v) is 3.73. The van der Waals surface area contributed by atoms with Crippen LogP contribution >= 0.6 is 0 Å². The Morgan fingerprint density at radius 1 is 0.562 bits per heavy atom. The maximum atomic E-state index is 13.1. The van der Waals surface area contributed by atoms with Crippen LogP contribution in [0.1, 0.15) is 52.7 Å². The molecule has 48 heavy (non-hydrogen) atoms. The quantitative estimate of drug-likeness (QED) is 0.167. The SMILES string of the molecule is CC(C)(C)c1ccncc1.CC(C)(C)c1ccncc1.Fc1c[c-]c(-n2cccn2)c(F)c1.Fc1c[c-]c(-n2cccn2)c(F)c1.[Cl-].[Ir]. The van der Waals surface area contributed by atoms with E-state index in [1.807, 2.05) is 24.8 Å². The number of benzene rings is 2. The summed E-state index contributed by atoms with van der Waals surface area (Å²) < 4.78 is 53.7. The summed E-state index contributed by atoms with van der Waals surface area (Å²) in [6, 6.07) is 20.2. The van der Waals surface area contributed by atoms with Gasteiger partial charge >= 0.3 is 0 Å². The third-order valence-electron chi connectivity index (χ3n) is 6.23.